The van der Waals surface area contributed by atoms with Crippen LogP contribution in [0.5, 0.6) is 0 Å². The van der Waals surface area contributed by atoms with Crippen molar-refractivity contribution in [1.82, 2.24) is 10.3 Å². The van der Waals surface area contributed by atoms with Crippen LogP contribution in [0, 0.1) is 0 Å². The standard InChI is InChI=1S/C11H10N2O3/c14-10-9(4-1-5-12-10)11(15)13-7-8-3-2-6-16-8/h1-6H,7H2,(H,12,14)(H,13,15). The molecule has 2 heterocycles. The van der Waals surface area contributed by atoms with Gasteiger partial charge in [0.25, 0.3) is 11.5 Å². The van der Waals surface area contributed by atoms with E-state index in [1.165, 1.54) is 18.5 Å². The molecule has 0 saturated carbocycles. The third-order valence-electron chi connectivity index (χ3n) is 2.07. The van der Waals surface area contributed by atoms with Crippen LogP contribution < -0.4 is 10.9 Å². The van der Waals surface area contributed by atoms with Gasteiger partial charge in [-0.05, 0) is 24.3 Å². The lowest BCUT2D eigenvalue weighted by Crippen LogP contribution is -2.28. The number of hydrogen-bond acceptors (Lipinski definition) is 3. The van der Waals surface area contributed by atoms with Crippen LogP contribution in [0.25, 0.3) is 0 Å². The zero-order chi connectivity index (χ0) is 11.4. The SMILES string of the molecule is O=C(NCc1ccco1)c1ccc[nH]c1=O. The largest absolute Gasteiger partial charge is 0.467 e. The van der Waals surface area contributed by atoms with E-state index in [1.54, 1.807) is 18.2 Å². The number of hydrogen-bond donors (Lipinski definition) is 2. The fraction of sp³-hybridized carbons (Fsp3) is 0.0909. The summed E-state index contributed by atoms with van der Waals surface area (Å²) in [7, 11) is 0. The van der Waals surface area contributed by atoms with E-state index in [1.807, 2.05) is 0 Å². The molecule has 0 unspecified atom stereocenters. The molecule has 2 rings (SSSR count). The van der Waals surface area contributed by atoms with Crippen molar-refractivity contribution in [2.75, 3.05) is 0 Å². The minimum atomic E-state index is -0.418. The van der Waals surface area contributed by atoms with Gasteiger partial charge in [-0.3, -0.25) is 9.59 Å². The van der Waals surface area contributed by atoms with E-state index in [4.69, 9.17) is 4.42 Å². The minimum absolute atomic E-state index is 0.0917. The Morgan fingerprint density at radius 2 is 2.25 bits per heavy atom. The summed E-state index contributed by atoms with van der Waals surface area (Å²) in [5.41, 5.74) is -0.312. The lowest BCUT2D eigenvalue weighted by molar-refractivity contribution is 0.0946. The fourth-order valence-corrected chi connectivity index (χ4v) is 1.28. The van der Waals surface area contributed by atoms with Crippen LogP contribution in [-0.2, 0) is 6.54 Å². The molecule has 0 aromatic carbocycles. The maximum Gasteiger partial charge on any atom is 0.260 e. The van der Waals surface area contributed by atoms with Crippen molar-refractivity contribution >= 4 is 5.91 Å². The first-order valence-corrected chi connectivity index (χ1v) is 4.75. The Kier molecular flexibility index (Phi) is 2.86. The van der Waals surface area contributed by atoms with Gasteiger partial charge in [-0.2, -0.15) is 0 Å². The summed E-state index contributed by atoms with van der Waals surface area (Å²) < 4.78 is 5.05. The predicted octanol–water partition coefficient (Wildman–Crippen LogP) is 0.898. The van der Waals surface area contributed by atoms with Crippen LogP contribution in [0.15, 0.2) is 45.9 Å². The van der Waals surface area contributed by atoms with Crippen LogP contribution >= 0.6 is 0 Å². The van der Waals surface area contributed by atoms with Crippen molar-refractivity contribution in [1.29, 1.82) is 0 Å². The van der Waals surface area contributed by atoms with Gasteiger partial charge in [-0.15, -0.1) is 0 Å². The van der Waals surface area contributed by atoms with Gasteiger partial charge < -0.3 is 14.7 Å². The van der Waals surface area contributed by atoms with Gasteiger partial charge in [0, 0.05) is 6.20 Å². The Morgan fingerprint density at radius 1 is 1.38 bits per heavy atom. The van der Waals surface area contributed by atoms with Crippen molar-refractivity contribution in [3.8, 4) is 0 Å². The van der Waals surface area contributed by atoms with Crippen molar-refractivity contribution in [2.24, 2.45) is 0 Å². The number of furan rings is 1. The van der Waals surface area contributed by atoms with Crippen LogP contribution in [-0.4, -0.2) is 10.9 Å². The molecule has 16 heavy (non-hydrogen) atoms. The third kappa shape index (κ3) is 2.20. The normalized spacial score (nSPS) is 10.0. The molecule has 2 aromatic heterocycles. The first kappa shape index (κ1) is 10.2. The topological polar surface area (TPSA) is 75.1 Å². The molecule has 2 N–H and O–H groups in total. The molecule has 5 heteroatoms. The van der Waals surface area contributed by atoms with Gasteiger partial charge in [0.2, 0.25) is 0 Å². The van der Waals surface area contributed by atoms with Gasteiger partial charge in [0.05, 0.1) is 12.8 Å². The number of nitrogens with one attached hydrogen (secondary N) is 2. The molecule has 0 aliphatic carbocycles. The summed E-state index contributed by atoms with van der Waals surface area (Å²) in [4.78, 5) is 25.3. The predicted molar refractivity (Wildman–Crippen MR) is 56.9 cm³/mol. The highest BCUT2D eigenvalue weighted by Gasteiger charge is 2.09. The van der Waals surface area contributed by atoms with E-state index < -0.39 is 11.5 Å². The highest BCUT2D eigenvalue weighted by molar-refractivity contribution is 5.93. The van der Waals surface area contributed by atoms with E-state index in [9.17, 15) is 9.59 Å². The first-order valence-electron chi connectivity index (χ1n) is 4.75. The Bertz CT molecular complexity index is 528. The van der Waals surface area contributed by atoms with Gasteiger partial charge in [-0.25, -0.2) is 0 Å². The second-order valence-corrected chi connectivity index (χ2v) is 3.17. The molecule has 0 fully saturated rings. The molecule has 1 amide bonds. The quantitative estimate of drug-likeness (QED) is 0.803. The summed E-state index contributed by atoms with van der Waals surface area (Å²) in [5, 5.41) is 2.59. The minimum Gasteiger partial charge on any atom is -0.467 e. The van der Waals surface area contributed by atoms with Crippen molar-refractivity contribution in [2.45, 2.75) is 6.54 Å². The monoisotopic (exact) mass is 218 g/mol. The van der Waals surface area contributed by atoms with Crippen LogP contribution in [0.1, 0.15) is 16.1 Å². The summed E-state index contributed by atoms with van der Waals surface area (Å²) in [5.74, 6) is 0.221. The number of amides is 1. The molecule has 0 saturated heterocycles. The molecule has 0 radical (unpaired) electrons. The lowest BCUT2D eigenvalue weighted by Gasteiger charge is -2.01. The molecule has 82 valence electrons. The molecule has 0 aliphatic heterocycles. The number of carbonyl (C=O) groups excluding carboxylic acids is 1. The number of rotatable bonds is 3. The van der Waals surface area contributed by atoms with Crippen LogP contribution in [0.2, 0.25) is 0 Å². The zero-order valence-corrected chi connectivity index (χ0v) is 8.40. The highest BCUT2D eigenvalue weighted by Crippen LogP contribution is 1.99. The number of aromatic amines is 1. The molecular formula is C11H10N2O3. The zero-order valence-electron chi connectivity index (χ0n) is 8.40. The Hall–Kier alpha value is -2.30. The highest BCUT2D eigenvalue weighted by atomic mass is 16.3. The van der Waals surface area contributed by atoms with Gasteiger partial charge in [-0.1, -0.05) is 0 Å². The number of carbonyl (C=O) groups is 1. The van der Waals surface area contributed by atoms with Gasteiger partial charge in [0.1, 0.15) is 11.3 Å². The maximum atomic E-state index is 11.6. The molecule has 0 aliphatic rings. The lowest BCUT2D eigenvalue weighted by atomic mass is 10.2. The molecule has 0 atom stereocenters. The average molecular weight is 218 g/mol. The number of H-pyrrole nitrogens is 1. The van der Waals surface area contributed by atoms with E-state index in [0.717, 1.165) is 0 Å². The second kappa shape index (κ2) is 4.48. The maximum absolute atomic E-state index is 11.6. The van der Waals surface area contributed by atoms with Crippen molar-refractivity contribution in [3.63, 3.8) is 0 Å². The van der Waals surface area contributed by atoms with E-state index in [2.05, 4.69) is 10.3 Å². The molecule has 0 spiro atoms. The van der Waals surface area contributed by atoms with Crippen molar-refractivity contribution < 1.29 is 9.21 Å². The van der Waals surface area contributed by atoms with Crippen LogP contribution in [0.4, 0.5) is 0 Å². The summed E-state index contributed by atoms with van der Waals surface area (Å²) in [6.45, 7) is 0.264. The van der Waals surface area contributed by atoms with E-state index >= 15 is 0 Å². The second-order valence-electron chi connectivity index (χ2n) is 3.17. The molecule has 2 aromatic rings. The molecule has 5 nitrogen and oxygen atoms in total. The molecular weight excluding hydrogens is 208 g/mol. The van der Waals surface area contributed by atoms with Gasteiger partial charge in [0.15, 0.2) is 0 Å². The fourth-order valence-electron chi connectivity index (χ4n) is 1.28. The van der Waals surface area contributed by atoms with E-state index in [0.29, 0.717) is 5.76 Å². The Labute approximate surface area is 91.1 Å². The molecule has 0 bridgehead atoms. The average Bonchev–Trinajstić information content (AvgIpc) is 2.79. The summed E-state index contributed by atoms with van der Waals surface area (Å²) in [6.07, 6.45) is 3.00. The first-order chi connectivity index (χ1) is 7.77. The summed E-state index contributed by atoms with van der Waals surface area (Å²) in [6, 6.07) is 6.55. The van der Waals surface area contributed by atoms with Crippen LogP contribution in [0.3, 0.4) is 0 Å². The number of aromatic nitrogens is 1. The third-order valence-corrected chi connectivity index (χ3v) is 2.07. The Morgan fingerprint density at radius 3 is 2.94 bits per heavy atom. The Balaban J connectivity index is 2.04. The van der Waals surface area contributed by atoms with Crippen molar-refractivity contribution in [3.05, 3.63) is 58.4 Å². The summed E-state index contributed by atoms with van der Waals surface area (Å²) >= 11 is 0. The smallest absolute Gasteiger partial charge is 0.260 e. The number of pyridine rings is 1. The van der Waals surface area contributed by atoms with E-state index in [-0.39, 0.29) is 12.1 Å². The van der Waals surface area contributed by atoms with Gasteiger partial charge >= 0.3 is 0 Å².